The number of benzene rings is 1. The maximum Gasteiger partial charge on any atom is 0.230 e. The van der Waals surface area contributed by atoms with E-state index in [1.54, 1.807) is 12.1 Å². The molecule has 1 aliphatic heterocycles. The lowest BCUT2D eigenvalue weighted by molar-refractivity contribution is -0.125. The molecule has 1 heterocycles. The van der Waals surface area contributed by atoms with Crippen LogP contribution in [0.4, 0.5) is 4.39 Å². The number of halogens is 1. The van der Waals surface area contributed by atoms with Gasteiger partial charge in [0.25, 0.3) is 0 Å². The molecule has 1 aromatic rings. The Labute approximate surface area is 126 Å². The summed E-state index contributed by atoms with van der Waals surface area (Å²) in [4.78, 5) is 12.4. The van der Waals surface area contributed by atoms with E-state index in [2.05, 4.69) is 10.6 Å². The summed E-state index contributed by atoms with van der Waals surface area (Å²) in [5.41, 5.74) is -0.00765. The Balaban J connectivity index is 1.86. The van der Waals surface area contributed by atoms with Crippen molar-refractivity contribution in [2.24, 2.45) is 5.92 Å². The molecule has 116 valence electrons. The fraction of sp³-hybridized carbons (Fsp3) is 0.588. The van der Waals surface area contributed by atoms with Gasteiger partial charge in [0.1, 0.15) is 5.82 Å². The Morgan fingerprint density at radius 1 is 1.48 bits per heavy atom. The quantitative estimate of drug-likeness (QED) is 0.876. The molecule has 0 radical (unpaired) electrons. The van der Waals surface area contributed by atoms with Gasteiger partial charge in [-0.05, 0) is 69.8 Å². The van der Waals surface area contributed by atoms with Crippen molar-refractivity contribution in [3.05, 3.63) is 35.6 Å². The lowest BCUT2D eigenvalue weighted by atomic mass is 9.83. The third-order valence-corrected chi connectivity index (χ3v) is 4.35. The van der Waals surface area contributed by atoms with Crippen LogP contribution in [0.3, 0.4) is 0 Å². The minimum absolute atomic E-state index is 0.0446. The number of hydrogen-bond acceptors (Lipinski definition) is 2. The lowest BCUT2D eigenvalue weighted by Gasteiger charge is -2.26. The van der Waals surface area contributed by atoms with Crippen molar-refractivity contribution in [1.29, 1.82) is 0 Å². The van der Waals surface area contributed by atoms with Gasteiger partial charge in [-0.3, -0.25) is 4.79 Å². The van der Waals surface area contributed by atoms with Gasteiger partial charge in [-0.2, -0.15) is 0 Å². The van der Waals surface area contributed by atoms with Gasteiger partial charge >= 0.3 is 0 Å². The highest BCUT2D eigenvalue weighted by atomic mass is 19.1. The Morgan fingerprint density at radius 2 is 2.29 bits per heavy atom. The van der Waals surface area contributed by atoms with E-state index in [0.29, 0.717) is 18.0 Å². The van der Waals surface area contributed by atoms with Gasteiger partial charge in [0, 0.05) is 6.54 Å². The zero-order chi connectivity index (χ0) is 15.3. The second-order valence-electron chi connectivity index (χ2n) is 6.39. The molecule has 2 rings (SSSR count). The van der Waals surface area contributed by atoms with Crippen LogP contribution in [0.1, 0.15) is 38.7 Å². The zero-order valence-corrected chi connectivity index (χ0v) is 12.9. The van der Waals surface area contributed by atoms with Crippen LogP contribution in [0.2, 0.25) is 0 Å². The van der Waals surface area contributed by atoms with E-state index in [-0.39, 0.29) is 11.7 Å². The lowest BCUT2D eigenvalue weighted by Crippen LogP contribution is -2.41. The maximum absolute atomic E-state index is 13.3. The molecule has 0 saturated carbocycles. The normalized spacial score (nSPS) is 19.3. The molecule has 1 saturated heterocycles. The highest BCUT2D eigenvalue weighted by Gasteiger charge is 2.29. The first kappa shape index (κ1) is 16.0. The van der Waals surface area contributed by atoms with Crippen molar-refractivity contribution < 1.29 is 9.18 Å². The van der Waals surface area contributed by atoms with E-state index >= 15 is 0 Å². The Bertz CT molecular complexity index is 481. The fourth-order valence-electron chi connectivity index (χ4n) is 2.79. The summed E-state index contributed by atoms with van der Waals surface area (Å²) in [6.07, 6.45) is 3.45. The highest BCUT2D eigenvalue weighted by Crippen LogP contribution is 2.24. The van der Waals surface area contributed by atoms with Crippen LogP contribution in [-0.4, -0.2) is 25.5 Å². The highest BCUT2D eigenvalue weighted by molar-refractivity contribution is 5.87. The van der Waals surface area contributed by atoms with Crippen LogP contribution in [0, 0.1) is 11.7 Å². The van der Waals surface area contributed by atoms with E-state index < -0.39 is 5.41 Å². The van der Waals surface area contributed by atoms with Gasteiger partial charge in [0.05, 0.1) is 5.41 Å². The van der Waals surface area contributed by atoms with Gasteiger partial charge in [-0.1, -0.05) is 12.1 Å². The molecule has 0 aliphatic carbocycles. The minimum Gasteiger partial charge on any atom is -0.355 e. The van der Waals surface area contributed by atoms with E-state index in [0.717, 1.165) is 19.5 Å². The maximum atomic E-state index is 13.3. The summed E-state index contributed by atoms with van der Waals surface area (Å²) in [5, 5.41) is 6.38. The van der Waals surface area contributed by atoms with Crippen molar-refractivity contribution in [2.45, 2.75) is 38.5 Å². The number of rotatable bonds is 5. The van der Waals surface area contributed by atoms with E-state index in [9.17, 15) is 9.18 Å². The minimum atomic E-state index is -0.715. The molecule has 0 spiro atoms. The molecular weight excluding hydrogens is 267 g/mol. The summed E-state index contributed by atoms with van der Waals surface area (Å²) < 4.78 is 13.3. The number of nitrogens with one attached hydrogen (secondary N) is 2. The fourth-order valence-corrected chi connectivity index (χ4v) is 2.79. The smallest absolute Gasteiger partial charge is 0.230 e. The molecule has 1 amide bonds. The summed E-state index contributed by atoms with van der Waals surface area (Å²) in [6.45, 7) is 6.50. The third-order valence-electron chi connectivity index (χ3n) is 4.35. The van der Waals surface area contributed by atoms with Crippen LogP contribution in [0.15, 0.2) is 24.3 Å². The second-order valence-corrected chi connectivity index (χ2v) is 6.39. The largest absolute Gasteiger partial charge is 0.355 e. The topological polar surface area (TPSA) is 41.1 Å². The van der Waals surface area contributed by atoms with E-state index in [1.807, 2.05) is 13.8 Å². The Kier molecular flexibility index (Phi) is 5.34. The molecule has 0 aromatic heterocycles. The average molecular weight is 292 g/mol. The van der Waals surface area contributed by atoms with Crippen molar-refractivity contribution in [3.8, 4) is 0 Å². The van der Waals surface area contributed by atoms with Crippen molar-refractivity contribution >= 4 is 5.91 Å². The van der Waals surface area contributed by atoms with Crippen LogP contribution in [0.25, 0.3) is 0 Å². The first-order valence-electron chi connectivity index (χ1n) is 7.75. The molecule has 0 bridgehead atoms. The molecule has 1 fully saturated rings. The number of amides is 1. The molecular formula is C17H25FN2O. The van der Waals surface area contributed by atoms with Gasteiger partial charge < -0.3 is 10.6 Å². The first-order valence-corrected chi connectivity index (χ1v) is 7.75. The van der Waals surface area contributed by atoms with Gasteiger partial charge in [-0.25, -0.2) is 4.39 Å². The zero-order valence-electron chi connectivity index (χ0n) is 12.9. The standard InChI is InChI=1S/C17H25FN2O/c1-17(2,14-6-3-7-15(18)11-14)16(21)20-10-8-13-5-4-9-19-12-13/h3,6-7,11,13,19H,4-5,8-10,12H2,1-2H3,(H,20,21). The molecule has 2 N–H and O–H groups in total. The summed E-state index contributed by atoms with van der Waals surface area (Å²) in [7, 11) is 0. The molecule has 21 heavy (non-hydrogen) atoms. The number of hydrogen-bond donors (Lipinski definition) is 2. The molecule has 3 nitrogen and oxygen atoms in total. The number of piperidine rings is 1. The van der Waals surface area contributed by atoms with Gasteiger partial charge in [-0.15, -0.1) is 0 Å². The second kappa shape index (κ2) is 7.03. The van der Waals surface area contributed by atoms with E-state index in [1.165, 1.54) is 25.0 Å². The van der Waals surface area contributed by atoms with Crippen LogP contribution in [0.5, 0.6) is 0 Å². The van der Waals surface area contributed by atoms with Crippen molar-refractivity contribution in [1.82, 2.24) is 10.6 Å². The molecule has 4 heteroatoms. The SMILES string of the molecule is CC(C)(C(=O)NCCC1CCCNC1)c1cccc(F)c1. The monoisotopic (exact) mass is 292 g/mol. The predicted octanol–water partition coefficient (Wildman–Crippen LogP) is 2.61. The van der Waals surface area contributed by atoms with Gasteiger partial charge in [0.15, 0.2) is 0 Å². The molecule has 1 atom stereocenters. The first-order chi connectivity index (χ1) is 10.00. The van der Waals surface area contributed by atoms with Crippen LogP contribution in [-0.2, 0) is 10.2 Å². The summed E-state index contributed by atoms with van der Waals surface area (Å²) in [6, 6.07) is 6.28. The average Bonchev–Trinajstić information content (AvgIpc) is 2.48. The van der Waals surface area contributed by atoms with Crippen molar-refractivity contribution in [2.75, 3.05) is 19.6 Å². The number of carbonyl (C=O) groups is 1. The molecule has 1 aliphatic rings. The predicted molar refractivity (Wildman–Crippen MR) is 82.6 cm³/mol. The van der Waals surface area contributed by atoms with Crippen LogP contribution < -0.4 is 10.6 Å². The van der Waals surface area contributed by atoms with Gasteiger partial charge in [0.2, 0.25) is 5.91 Å². The number of carbonyl (C=O) groups excluding carboxylic acids is 1. The molecule has 1 aromatic carbocycles. The van der Waals surface area contributed by atoms with Crippen molar-refractivity contribution in [3.63, 3.8) is 0 Å². The third kappa shape index (κ3) is 4.27. The Morgan fingerprint density at radius 3 is 2.95 bits per heavy atom. The molecule has 1 unspecified atom stereocenters. The summed E-state index contributed by atoms with van der Waals surface area (Å²) >= 11 is 0. The van der Waals surface area contributed by atoms with E-state index in [4.69, 9.17) is 0 Å². The Hall–Kier alpha value is -1.42. The van der Waals surface area contributed by atoms with Crippen LogP contribution >= 0.6 is 0 Å². The summed E-state index contributed by atoms with van der Waals surface area (Å²) in [5.74, 6) is 0.301.